The highest BCUT2D eigenvalue weighted by atomic mass is 16.5. The smallest absolute Gasteiger partial charge is 0.254 e. The first-order valence-corrected chi connectivity index (χ1v) is 8.39. The molecular formula is C18H24N2O3. The number of rotatable bonds is 2. The molecular weight excluding hydrogens is 292 g/mol. The molecule has 2 aliphatic heterocycles. The number of benzene rings is 1. The van der Waals surface area contributed by atoms with Gasteiger partial charge in [0.15, 0.2) is 6.10 Å². The molecule has 2 fully saturated rings. The van der Waals surface area contributed by atoms with Crippen LogP contribution in [-0.4, -0.2) is 54.5 Å². The summed E-state index contributed by atoms with van der Waals surface area (Å²) in [5, 5.41) is 0. The van der Waals surface area contributed by atoms with Gasteiger partial charge in [0, 0.05) is 20.1 Å². The number of carbonyl (C=O) groups excluding carboxylic acids is 2. The van der Waals surface area contributed by atoms with Crippen molar-refractivity contribution in [2.75, 3.05) is 26.7 Å². The van der Waals surface area contributed by atoms with Crippen LogP contribution in [0.5, 0.6) is 0 Å². The zero-order chi connectivity index (χ0) is 16.2. The average molecular weight is 316 g/mol. The summed E-state index contributed by atoms with van der Waals surface area (Å²) in [7, 11) is 1.76. The number of likely N-dealkylation sites (N-methyl/N-ethyl adjacent to an activating group) is 1. The number of carbonyl (C=O) groups is 2. The first-order valence-electron chi connectivity index (χ1n) is 8.39. The third-order valence-corrected chi connectivity index (χ3v) is 4.79. The zero-order valence-electron chi connectivity index (χ0n) is 13.6. The summed E-state index contributed by atoms with van der Waals surface area (Å²) in [5.41, 5.74) is 0.941. The van der Waals surface area contributed by atoms with Gasteiger partial charge < -0.3 is 14.5 Å². The molecule has 5 heteroatoms. The second-order valence-corrected chi connectivity index (χ2v) is 6.33. The van der Waals surface area contributed by atoms with Gasteiger partial charge in [0.1, 0.15) is 6.61 Å². The highest BCUT2D eigenvalue weighted by molar-refractivity contribution is 5.86. The van der Waals surface area contributed by atoms with Gasteiger partial charge in [0.25, 0.3) is 5.91 Å². The lowest BCUT2D eigenvalue weighted by Crippen LogP contribution is -2.54. The molecule has 0 spiro atoms. The van der Waals surface area contributed by atoms with Crippen LogP contribution < -0.4 is 0 Å². The SMILES string of the molecule is CN1C(=O)CO[C@H](C(=O)N2CCCCCC2)[C@H]1c1ccccc1. The van der Waals surface area contributed by atoms with Crippen LogP contribution >= 0.6 is 0 Å². The van der Waals surface area contributed by atoms with Gasteiger partial charge in [-0.3, -0.25) is 9.59 Å². The third kappa shape index (κ3) is 3.39. The molecule has 2 amide bonds. The number of amides is 2. The Morgan fingerprint density at radius 3 is 2.39 bits per heavy atom. The number of nitrogens with zero attached hydrogens (tertiary/aromatic N) is 2. The van der Waals surface area contributed by atoms with Crippen LogP contribution in [-0.2, 0) is 14.3 Å². The number of hydrogen-bond acceptors (Lipinski definition) is 3. The Balaban J connectivity index is 1.85. The topological polar surface area (TPSA) is 49.9 Å². The molecule has 0 radical (unpaired) electrons. The van der Waals surface area contributed by atoms with Crippen molar-refractivity contribution in [1.29, 1.82) is 0 Å². The third-order valence-electron chi connectivity index (χ3n) is 4.79. The normalized spacial score (nSPS) is 26.0. The molecule has 0 saturated carbocycles. The fourth-order valence-corrected chi connectivity index (χ4v) is 3.44. The van der Waals surface area contributed by atoms with Gasteiger partial charge >= 0.3 is 0 Å². The minimum absolute atomic E-state index is 0.0140. The van der Waals surface area contributed by atoms with Crippen molar-refractivity contribution in [1.82, 2.24) is 9.80 Å². The highest BCUT2D eigenvalue weighted by Crippen LogP contribution is 2.30. The largest absolute Gasteiger partial charge is 0.356 e. The Kier molecular flexibility index (Phi) is 4.96. The van der Waals surface area contributed by atoms with Crippen LogP contribution in [0.4, 0.5) is 0 Å². The van der Waals surface area contributed by atoms with Crippen molar-refractivity contribution in [3.05, 3.63) is 35.9 Å². The van der Waals surface area contributed by atoms with E-state index in [9.17, 15) is 9.59 Å². The van der Waals surface area contributed by atoms with Gasteiger partial charge in [-0.15, -0.1) is 0 Å². The molecule has 5 nitrogen and oxygen atoms in total. The lowest BCUT2D eigenvalue weighted by Gasteiger charge is -2.40. The van der Waals surface area contributed by atoms with E-state index in [0.717, 1.165) is 31.5 Å². The second kappa shape index (κ2) is 7.13. The molecule has 0 aromatic heterocycles. The maximum Gasteiger partial charge on any atom is 0.254 e. The lowest BCUT2D eigenvalue weighted by molar-refractivity contribution is -0.167. The molecule has 0 unspecified atom stereocenters. The van der Waals surface area contributed by atoms with Crippen LogP contribution in [0.25, 0.3) is 0 Å². The van der Waals surface area contributed by atoms with E-state index in [0.29, 0.717) is 0 Å². The van der Waals surface area contributed by atoms with Gasteiger partial charge in [-0.1, -0.05) is 43.2 Å². The van der Waals surface area contributed by atoms with Crippen LogP contribution in [0.15, 0.2) is 30.3 Å². The summed E-state index contributed by atoms with van der Waals surface area (Å²) in [6, 6.07) is 9.33. The van der Waals surface area contributed by atoms with Gasteiger partial charge in [-0.25, -0.2) is 0 Å². The molecule has 2 atom stereocenters. The molecule has 0 bridgehead atoms. The fraction of sp³-hybridized carbons (Fsp3) is 0.556. The molecule has 2 heterocycles. The quantitative estimate of drug-likeness (QED) is 0.838. The Morgan fingerprint density at radius 1 is 1.09 bits per heavy atom. The Bertz CT molecular complexity index is 553. The van der Waals surface area contributed by atoms with Crippen molar-refractivity contribution < 1.29 is 14.3 Å². The molecule has 23 heavy (non-hydrogen) atoms. The molecule has 124 valence electrons. The number of morpholine rings is 1. The molecule has 1 aromatic carbocycles. The summed E-state index contributed by atoms with van der Waals surface area (Å²) in [6.07, 6.45) is 3.83. The van der Waals surface area contributed by atoms with Crippen molar-refractivity contribution in [2.45, 2.75) is 37.8 Å². The van der Waals surface area contributed by atoms with E-state index in [1.54, 1.807) is 11.9 Å². The summed E-state index contributed by atoms with van der Waals surface area (Å²) in [4.78, 5) is 28.6. The predicted octanol–water partition coefficient (Wildman–Crippen LogP) is 1.99. The molecule has 2 aliphatic rings. The van der Waals surface area contributed by atoms with E-state index in [1.807, 2.05) is 35.2 Å². The average Bonchev–Trinajstić information content (AvgIpc) is 2.86. The number of likely N-dealkylation sites (tertiary alicyclic amines) is 1. The monoisotopic (exact) mass is 316 g/mol. The number of ether oxygens (including phenoxy) is 1. The summed E-state index contributed by atoms with van der Waals surface area (Å²) < 4.78 is 5.70. The second-order valence-electron chi connectivity index (χ2n) is 6.33. The molecule has 2 saturated heterocycles. The van der Waals surface area contributed by atoms with Crippen LogP contribution in [0.1, 0.15) is 37.3 Å². The van der Waals surface area contributed by atoms with Gasteiger partial charge in [0.05, 0.1) is 6.04 Å². The van der Waals surface area contributed by atoms with E-state index in [4.69, 9.17) is 4.74 Å². The van der Waals surface area contributed by atoms with E-state index < -0.39 is 6.10 Å². The van der Waals surface area contributed by atoms with E-state index in [1.165, 1.54) is 12.8 Å². The van der Waals surface area contributed by atoms with Gasteiger partial charge in [-0.2, -0.15) is 0 Å². The van der Waals surface area contributed by atoms with Gasteiger partial charge in [0.2, 0.25) is 5.91 Å². The minimum Gasteiger partial charge on any atom is -0.356 e. The number of hydrogen-bond donors (Lipinski definition) is 0. The summed E-state index contributed by atoms with van der Waals surface area (Å²) in [6.45, 7) is 1.56. The molecule has 3 rings (SSSR count). The van der Waals surface area contributed by atoms with Crippen molar-refractivity contribution in [3.8, 4) is 0 Å². The van der Waals surface area contributed by atoms with Crippen molar-refractivity contribution in [2.24, 2.45) is 0 Å². The maximum atomic E-state index is 13.0. The van der Waals surface area contributed by atoms with Gasteiger partial charge in [-0.05, 0) is 18.4 Å². The molecule has 0 aliphatic carbocycles. The Hall–Kier alpha value is -1.88. The minimum atomic E-state index is -0.613. The van der Waals surface area contributed by atoms with E-state index >= 15 is 0 Å². The van der Waals surface area contributed by atoms with Crippen LogP contribution in [0, 0.1) is 0 Å². The zero-order valence-corrected chi connectivity index (χ0v) is 13.6. The fourth-order valence-electron chi connectivity index (χ4n) is 3.44. The van der Waals surface area contributed by atoms with Crippen LogP contribution in [0.3, 0.4) is 0 Å². The lowest BCUT2D eigenvalue weighted by atomic mass is 9.97. The highest BCUT2D eigenvalue weighted by Gasteiger charge is 2.41. The predicted molar refractivity (Wildman–Crippen MR) is 86.7 cm³/mol. The molecule has 1 aromatic rings. The van der Waals surface area contributed by atoms with Crippen molar-refractivity contribution in [3.63, 3.8) is 0 Å². The summed E-state index contributed by atoms with van der Waals surface area (Å²) in [5.74, 6) is -0.0705. The standard InChI is InChI=1S/C18H24N2O3/c1-19-15(21)13-23-17(16(19)14-9-5-4-6-10-14)18(22)20-11-7-2-3-8-12-20/h4-6,9-10,16-17H,2-3,7-8,11-13H2,1H3/t16-,17+/m1/s1. The van der Waals surface area contributed by atoms with Crippen LogP contribution in [0.2, 0.25) is 0 Å². The first-order chi connectivity index (χ1) is 11.2. The molecule has 0 N–H and O–H groups in total. The van der Waals surface area contributed by atoms with E-state index in [2.05, 4.69) is 0 Å². The van der Waals surface area contributed by atoms with Crippen molar-refractivity contribution >= 4 is 11.8 Å². The Labute approximate surface area is 137 Å². The first kappa shape index (κ1) is 16.0. The Morgan fingerprint density at radius 2 is 1.74 bits per heavy atom. The maximum absolute atomic E-state index is 13.0. The summed E-state index contributed by atoms with van der Waals surface area (Å²) >= 11 is 0. The van der Waals surface area contributed by atoms with E-state index in [-0.39, 0.29) is 24.5 Å².